The number of phenolic OH excluding ortho intramolecular Hbond substituents is 1. The standard InChI is InChI=1S/C19H20N2O3/c1-14-6-5-9-16(17(14)22)19(24)21-12-10-20(11-13-21)18(23)15-7-3-2-4-8-15/h2-9,22H,10-13H2,1H3. The first kappa shape index (κ1) is 16.1. The summed E-state index contributed by atoms with van der Waals surface area (Å²) in [6.07, 6.45) is 0. The number of hydrogen-bond acceptors (Lipinski definition) is 3. The van der Waals surface area contributed by atoms with Gasteiger partial charge >= 0.3 is 0 Å². The van der Waals surface area contributed by atoms with Gasteiger partial charge in [0.05, 0.1) is 5.56 Å². The topological polar surface area (TPSA) is 60.9 Å². The lowest BCUT2D eigenvalue weighted by atomic mass is 10.1. The van der Waals surface area contributed by atoms with E-state index in [1.807, 2.05) is 18.2 Å². The minimum Gasteiger partial charge on any atom is -0.507 e. The molecule has 0 spiro atoms. The smallest absolute Gasteiger partial charge is 0.257 e. The predicted molar refractivity (Wildman–Crippen MR) is 91.1 cm³/mol. The number of benzene rings is 2. The van der Waals surface area contributed by atoms with Crippen LogP contribution in [0.15, 0.2) is 48.5 Å². The molecule has 2 amide bonds. The summed E-state index contributed by atoms with van der Waals surface area (Å²) < 4.78 is 0. The van der Waals surface area contributed by atoms with Crippen LogP contribution in [-0.2, 0) is 0 Å². The Kier molecular flexibility index (Phi) is 4.51. The van der Waals surface area contributed by atoms with Crippen molar-refractivity contribution < 1.29 is 14.7 Å². The quantitative estimate of drug-likeness (QED) is 0.922. The highest BCUT2D eigenvalue weighted by Crippen LogP contribution is 2.23. The summed E-state index contributed by atoms with van der Waals surface area (Å²) >= 11 is 0. The first-order valence-corrected chi connectivity index (χ1v) is 8.00. The minimum atomic E-state index is -0.192. The van der Waals surface area contributed by atoms with Gasteiger partial charge in [0.1, 0.15) is 5.75 Å². The molecule has 1 N–H and O–H groups in total. The van der Waals surface area contributed by atoms with Crippen molar-refractivity contribution in [2.24, 2.45) is 0 Å². The fourth-order valence-corrected chi connectivity index (χ4v) is 2.88. The Bertz CT molecular complexity index is 750. The van der Waals surface area contributed by atoms with E-state index in [0.717, 1.165) is 0 Å². The zero-order valence-electron chi connectivity index (χ0n) is 13.6. The molecule has 0 saturated carbocycles. The van der Waals surface area contributed by atoms with Gasteiger partial charge in [-0.15, -0.1) is 0 Å². The largest absolute Gasteiger partial charge is 0.507 e. The molecule has 0 unspecified atom stereocenters. The molecule has 0 aromatic heterocycles. The van der Waals surface area contributed by atoms with E-state index < -0.39 is 0 Å². The first-order valence-electron chi connectivity index (χ1n) is 8.00. The molecule has 1 heterocycles. The Morgan fingerprint density at radius 1 is 0.833 bits per heavy atom. The summed E-state index contributed by atoms with van der Waals surface area (Å²) in [6, 6.07) is 14.3. The van der Waals surface area contributed by atoms with Crippen molar-refractivity contribution in [2.75, 3.05) is 26.2 Å². The van der Waals surface area contributed by atoms with Gasteiger partial charge in [0.25, 0.3) is 11.8 Å². The van der Waals surface area contributed by atoms with Crippen LogP contribution < -0.4 is 0 Å². The molecule has 1 aliphatic heterocycles. The summed E-state index contributed by atoms with van der Waals surface area (Å²) in [7, 11) is 0. The fourth-order valence-electron chi connectivity index (χ4n) is 2.88. The Hall–Kier alpha value is -2.82. The molecule has 1 fully saturated rings. The maximum Gasteiger partial charge on any atom is 0.257 e. The molecule has 0 bridgehead atoms. The maximum absolute atomic E-state index is 12.6. The van der Waals surface area contributed by atoms with Crippen molar-refractivity contribution in [3.8, 4) is 5.75 Å². The van der Waals surface area contributed by atoms with Gasteiger partial charge in [0, 0.05) is 31.7 Å². The molecule has 2 aromatic rings. The van der Waals surface area contributed by atoms with Crippen LogP contribution in [0.25, 0.3) is 0 Å². The van der Waals surface area contributed by atoms with E-state index >= 15 is 0 Å². The molecular weight excluding hydrogens is 304 g/mol. The second-order valence-corrected chi connectivity index (χ2v) is 5.92. The Labute approximate surface area is 141 Å². The number of aryl methyl sites for hydroxylation is 1. The highest BCUT2D eigenvalue weighted by Gasteiger charge is 2.26. The third-order valence-electron chi connectivity index (χ3n) is 4.34. The number of piperazine rings is 1. The van der Waals surface area contributed by atoms with Crippen molar-refractivity contribution in [1.29, 1.82) is 0 Å². The molecule has 24 heavy (non-hydrogen) atoms. The number of amides is 2. The monoisotopic (exact) mass is 324 g/mol. The van der Waals surface area contributed by atoms with Crippen molar-refractivity contribution in [3.05, 3.63) is 65.2 Å². The average molecular weight is 324 g/mol. The van der Waals surface area contributed by atoms with E-state index in [-0.39, 0.29) is 17.6 Å². The molecule has 1 aliphatic rings. The van der Waals surface area contributed by atoms with E-state index in [1.54, 1.807) is 47.1 Å². The normalized spacial score (nSPS) is 14.5. The summed E-state index contributed by atoms with van der Waals surface area (Å²) in [6.45, 7) is 3.68. The molecule has 5 heteroatoms. The van der Waals surface area contributed by atoms with Gasteiger partial charge in [-0.1, -0.05) is 30.3 Å². The van der Waals surface area contributed by atoms with Crippen LogP contribution in [0.2, 0.25) is 0 Å². The average Bonchev–Trinajstić information content (AvgIpc) is 2.64. The third kappa shape index (κ3) is 3.11. The SMILES string of the molecule is Cc1cccc(C(=O)N2CCN(C(=O)c3ccccc3)CC2)c1O. The number of phenols is 1. The Balaban J connectivity index is 1.66. The number of hydrogen-bond donors (Lipinski definition) is 1. The molecule has 0 atom stereocenters. The van der Waals surface area contributed by atoms with E-state index in [0.29, 0.717) is 42.9 Å². The molecule has 5 nitrogen and oxygen atoms in total. The number of rotatable bonds is 2. The van der Waals surface area contributed by atoms with E-state index in [4.69, 9.17) is 0 Å². The number of para-hydroxylation sites is 1. The van der Waals surface area contributed by atoms with Gasteiger partial charge in [0.15, 0.2) is 0 Å². The zero-order valence-corrected chi connectivity index (χ0v) is 13.6. The number of nitrogens with zero attached hydrogens (tertiary/aromatic N) is 2. The molecule has 0 radical (unpaired) electrons. The van der Waals surface area contributed by atoms with Crippen LogP contribution in [0.4, 0.5) is 0 Å². The van der Waals surface area contributed by atoms with Crippen LogP contribution in [0.1, 0.15) is 26.3 Å². The van der Waals surface area contributed by atoms with Crippen LogP contribution in [0, 0.1) is 6.92 Å². The van der Waals surface area contributed by atoms with Crippen molar-refractivity contribution in [3.63, 3.8) is 0 Å². The van der Waals surface area contributed by atoms with Gasteiger partial charge in [-0.2, -0.15) is 0 Å². The van der Waals surface area contributed by atoms with Crippen molar-refractivity contribution in [1.82, 2.24) is 9.80 Å². The second kappa shape index (κ2) is 6.74. The first-order chi connectivity index (χ1) is 11.6. The van der Waals surface area contributed by atoms with Gasteiger partial charge in [-0.05, 0) is 30.7 Å². The van der Waals surface area contributed by atoms with Crippen molar-refractivity contribution >= 4 is 11.8 Å². The maximum atomic E-state index is 12.6. The second-order valence-electron chi connectivity index (χ2n) is 5.92. The highest BCUT2D eigenvalue weighted by molar-refractivity contribution is 5.98. The van der Waals surface area contributed by atoms with Gasteiger partial charge in [-0.25, -0.2) is 0 Å². The molecular formula is C19H20N2O3. The van der Waals surface area contributed by atoms with E-state index in [9.17, 15) is 14.7 Å². The van der Waals surface area contributed by atoms with Crippen LogP contribution in [-0.4, -0.2) is 52.9 Å². The molecule has 1 saturated heterocycles. The molecule has 2 aromatic carbocycles. The Morgan fingerprint density at radius 3 is 2.04 bits per heavy atom. The molecule has 124 valence electrons. The summed E-state index contributed by atoms with van der Waals surface area (Å²) in [5.41, 5.74) is 1.66. The lowest BCUT2D eigenvalue weighted by Gasteiger charge is -2.35. The summed E-state index contributed by atoms with van der Waals surface area (Å²) in [5, 5.41) is 10.1. The number of carbonyl (C=O) groups is 2. The minimum absolute atomic E-state index is 0.0129. The van der Waals surface area contributed by atoms with Crippen LogP contribution in [0.3, 0.4) is 0 Å². The van der Waals surface area contributed by atoms with E-state index in [1.165, 1.54) is 0 Å². The van der Waals surface area contributed by atoms with E-state index in [2.05, 4.69) is 0 Å². The molecule has 3 rings (SSSR count). The third-order valence-corrected chi connectivity index (χ3v) is 4.34. The lowest BCUT2D eigenvalue weighted by Crippen LogP contribution is -2.50. The summed E-state index contributed by atoms with van der Waals surface area (Å²) in [5.74, 6) is -0.172. The molecule has 0 aliphatic carbocycles. The highest BCUT2D eigenvalue weighted by atomic mass is 16.3. The number of aromatic hydroxyl groups is 1. The van der Waals surface area contributed by atoms with Crippen LogP contribution in [0.5, 0.6) is 5.75 Å². The predicted octanol–water partition coefficient (Wildman–Crippen LogP) is 2.30. The number of carbonyl (C=O) groups excluding carboxylic acids is 2. The van der Waals surface area contributed by atoms with Gasteiger partial charge in [-0.3, -0.25) is 9.59 Å². The van der Waals surface area contributed by atoms with Gasteiger partial charge < -0.3 is 14.9 Å². The zero-order chi connectivity index (χ0) is 17.1. The van der Waals surface area contributed by atoms with Crippen molar-refractivity contribution in [2.45, 2.75) is 6.92 Å². The Morgan fingerprint density at radius 2 is 1.42 bits per heavy atom. The van der Waals surface area contributed by atoms with Crippen LogP contribution >= 0.6 is 0 Å². The fraction of sp³-hybridized carbons (Fsp3) is 0.263. The lowest BCUT2D eigenvalue weighted by molar-refractivity contribution is 0.0533. The van der Waals surface area contributed by atoms with Gasteiger partial charge in [0.2, 0.25) is 0 Å². The summed E-state index contributed by atoms with van der Waals surface area (Å²) in [4.78, 5) is 28.5.